The lowest BCUT2D eigenvalue weighted by Crippen LogP contribution is -1.98. The number of hydrogen-bond acceptors (Lipinski definition) is 2. The average Bonchev–Trinajstić information content (AvgIpc) is 2.19. The standard InChI is InChI=1S/C10H12Cl2OS/c11-8-4-3-5-9(10(8)12)13-6-1-2-7-14/h3-5,14H,1-2,6-7H2. The van der Waals surface area contributed by atoms with Crippen molar-refractivity contribution in [1.29, 1.82) is 0 Å². The van der Waals surface area contributed by atoms with Crippen molar-refractivity contribution in [3.63, 3.8) is 0 Å². The molecule has 0 heterocycles. The lowest BCUT2D eigenvalue weighted by molar-refractivity contribution is 0.310. The van der Waals surface area contributed by atoms with Crippen molar-refractivity contribution in [2.45, 2.75) is 12.8 Å². The van der Waals surface area contributed by atoms with Crippen LogP contribution in [-0.4, -0.2) is 12.4 Å². The molecule has 0 bridgehead atoms. The van der Waals surface area contributed by atoms with Crippen LogP contribution in [0.4, 0.5) is 0 Å². The van der Waals surface area contributed by atoms with Crippen LogP contribution in [0.2, 0.25) is 10.0 Å². The monoisotopic (exact) mass is 250 g/mol. The lowest BCUT2D eigenvalue weighted by atomic mass is 10.3. The van der Waals surface area contributed by atoms with Crippen LogP contribution in [0.1, 0.15) is 12.8 Å². The Bertz CT molecular complexity index is 291. The maximum absolute atomic E-state index is 5.93. The fourth-order valence-corrected chi connectivity index (χ4v) is 1.56. The third kappa shape index (κ3) is 3.60. The summed E-state index contributed by atoms with van der Waals surface area (Å²) in [6.45, 7) is 0.653. The predicted molar refractivity (Wildman–Crippen MR) is 65.0 cm³/mol. The summed E-state index contributed by atoms with van der Waals surface area (Å²) in [7, 11) is 0. The van der Waals surface area contributed by atoms with Gasteiger partial charge in [0.05, 0.1) is 11.6 Å². The van der Waals surface area contributed by atoms with E-state index in [-0.39, 0.29) is 0 Å². The number of rotatable bonds is 5. The second kappa shape index (κ2) is 6.44. The molecule has 0 atom stereocenters. The molecule has 0 aliphatic carbocycles. The summed E-state index contributed by atoms with van der Waals surface area (Å²) in [6.07, 6.45) is 2.02. The molecule has 14 heavy (non-hydrogen) atoms. The van der Waals surface area contributed by atoms with Crippen LogP contribution < -0.4 is 4.74 Å². The highest BCUT2D eigenvalue weighted by atomic mass is 35.5. The molecule has 0 aliphatic heterocycles. The van der Waals surface area contributed by atoms with Gasteiger partial charge in [0.2, 0.25) is 0 Å². The molecule has 0 spiro atoms. The van der Waals surface area contributed by atoms with Gasteiger partial charge >= 0.3 is 0 Å². The molecule has 0 aromatic heterocycles. The van der Waals surface area contributed by atoms with Gasteiger partial charge in [-0.2, -0.15) is 12.6 Å². The maximum Gasteiger partial charge on any atom is 0.139 e. The minimum Gasteiger partial charge on any atom is -0.492 e. The molecule has 78 valence electrons. The zero-order valence-electron chi connectivity index (χ0n) is 7.67. The third-order valence-electron chi connectivity index (χ3n) is 1.73. The van der Waals surface area contributed by atoms with E-state index in [4.69, 9.17) is 27.9 Å². The number of benzene rings is 1. The minimum absolute atomic E-state index is 0.486. The predicted octanol–water partition coefficient (Wildman–Crippen LogP) is 4.08. The van der Waals surface area contributed by atoms with E-state index in [0.29, 0.717) is 22.4 Å². The highest BCUT2D eigenvalue weighted by molar-refractivity contribution is 7.80. The number of unbranched alkanes of at least 4 members (excludes halogenated alkanes) is 1. The first kappa shape index (κ1) is 12.0. The van der Waals surface area contributed by atoms with E-state index in [1.54, 1.807) is 6.07 Å². The fourth-order valence-electron chi connectivity index (χ4n) is 0.991. The van der Waals surface area contributed by atoms with Crippen LogP contribution in [-0.2, 0) is 0 Å². The zero-order chi connectivity index (χ0) is 10.4. The van der Waals surface area contributed by atoms with E-state index in [1.807, 2.05) is 12.1 Å². The summed E-state index contributed by atoms with van der Waals surface area (Å²) in [6, 6.07) is 5.38. The highest BCUT2D eigenvalue weighted by Gasteiger charge is 2.04. The van der Waals surface area contributed by atoms with Gasteiger partial charge in [-0.3, -0.25) is 0 Å². The normalized spacial score (nSPS) is 10.2. The van der Waals surface area contributed by atoms with Gasteiger partial charge in [-0.1, -0.05) is 29.3 Å². The molecular weight excluding hydrogens is 239 g/mol. The Morgan fingerprint density at radius 2 is 2.00 bits per heavy atom. The Hall–Kier alpha value is -0.0500. The molecule has 0 saturated carbocycles. The van der Waals surface area contributed by atoms with E-state index >= 15 is 0 Å². The van der Waals surface area contributed by atoms with Crippen molar-refractivity contribution in [1.82, 2.24) is 0 Å². The lowest BCUT2D eigenvalue weighted by Gasteiger charge is -2.07. The van der Waals surface area contributed by atoms with Gasteiger partial charge in [0, 0.05) is 0 Å². The van der Waals surface area contributed by atoms with Gasteiger partial charge in [-0.05, 0) is 30.7 Å². The molecule has 4 heteroatoms. The van der Waals surface area contributed by atoms with E-state index < -0.39 is 0 Å². The van der Waals surface area contributed by atoms with Crippen molar-refractivity contribution < 1.29 is 4.74 Å². The molecule has 0 amide bonds. The largest absolute Gasteiger partial charge is 0.492 e. The second-order valence-corrected chi connectivity index (χ2v) is 4.06. The van der Waals surface area contributed by atoms with E-state index in [1.165, 1.54) is 0 Å². The van der Waals surface area contributed by atoms with Gasteiger partial charge in [-0.25, -0.2) is 0 Å². The Labute approximate surface area is 99.8 Å². The van der Waals surface area contributed by atoms with Gasteiger partial charge < -0.3 is 4.74 Å². The molecular formula is C10H12Cl2OS. The van der Waals surface area contributed by atoms with Crippen molar-refractivity contribution in [3.8, 4) is 5.75 Å². The molecule has 0 radical (unpaired) electrons. The number of thiol groups is 1. The summed E-state index contributed by atoms with van der Waals surface area (Å²) < 4.78 is 5.47. The topological polar surface area (TPSA) is 9.23 Å². The van der Waals surface area contributed by atoms with E-state index in [2.05, 4.69) is 12.6 Å². The fraction of sp³-hybridized carbons (Fsp3) is 0.400. The van der Waals surface area contributed by atoms with Crippen molar-refractivity contribution in [2.75, 3.05) is 12.4 Å². The van der Waals surface area contributed by atoms with E-state index in [9.17, 15) is 0 Å². The molecule has 1 aromatic rings. The van der Waals surface area contributed by atoms with Crippen LogP contribution in [0, 0.1) is 0 Å². The zero-order valence-corrected chi connectivity index (χ0v) is 10.1. The molecule has 0 unspecified atom stereocenters. The first-order valence-electron chi connectivity index (χ1n) is 4.43. The number of ether oxygens (including phenoxy) is 1. The molecule has 1 aromatic carbocycles. The Balaban J connectivity index is 2.46. The molecule has 1 rings (SSSR count). The number of hydrogen-bond donors (Lipinski definition) is 1. The quantitative estimate of drug-likeness (QED) is 0.612. The Kier molecular flexibility index (Phi) is 5.53. The van der Waals surface area contributed by atoms with Crippen molar-refractivity contribution in [3.05, 3.63) is 28.2 Å². The Morgan fingerprint density at radius 1 is 1.21 bits per heavy atom. The third-order valence-corrected chi connectivity index (χ3v) is 2.84. The smallest absolute Gasteiger partial charge is 0.139 e. The summed E-state index contributed by atoms with van der Waals surface area (Å²) in [5.41, 5.74) is 0. The van der Waals surface area contributed by atoms with Crippen LogP contribution in [0.15, 0.2) is 18.2 Å². The summed E-state index contributed by atoms with van der Waals surface area (Å²) in [4.78, 5) is 0. The minimum atomic E-state index is 0.486. The Morgan fingerprint density at radius 3 is 2.71 bits per heavy atom. The van der Waals surface area contributed by atoms with E-state index in [0.717, 1.165) is 18.6 Å². The van der Waals surface area contributed by atoms with Crippen LogP contribution >= 0.6 is 35.8 Å². The van der Waals surface area contributed by atoms with Crippen LogP contribution in [0.5, 0.6) is 5.75 Å². The van der Waals surface area contributed by atoms with Gasteiger partial charge in [0.25, 0.3) is 0 Å². The van der Waals surface area contributed by atoms with Gasteiger partial charge in [0.1, 0.15) is 10.8 Å². The summed E-state index contributed by atoms with van der Waals surface area (Å²) >= 11 is 15.9. The van der Waals surface area contributed by atoms with Gasteiger partial charge in [0.15, 0.2) is 0 Å². The first-order valence-corrected chi connectivity index (χ1v) is 5.82. The van der Waals surface area contributed by atoms with Gasteiger partial charge in [-0.15, -0.1) is 0 Å². The highest BCUT2D eigenvalue weighted by Crippen LogP contribution is 2.31. The summed E-state index contributed by atoms with van der Waals surface area (Å²) in [5.74, 6) is 1.53. The maximum atomic E-state index is 5.93. The van der Waals surface area contributed by atoms with Crippen molar-refractivity contribution >= 4 is 35.8 Å². The molecule has 0 aliphatic rings. The van der Waals surface area contributed by atoms with Crippen LogP contribution in [0.3, 0.4) is 0 Å². The average molecular weight is 251 g/mol. The van der Waals surface area contributed by atoms with Crippen LogP contribution in [0.25, 0.3) is 0 Å². The molecule has 1 nitrogen and oxygen atoms in total. The summed E-state index contributed by atoms with van der Waals surface area (Å²) in [5, 5.41) is 1.01. The second-order valence-electron chi connectivity index (χ2n) is 2.83. The molecule has 0 saturated heterocycles. The number of halogens is 2. The first-order chi connectivity index (χ1) is 6.75. The molecule has 0 fully saturated rings. The van der Waals surface area contributed by atoms with Crippen molar-refractivity contribution in [2.24, 2.45) is 0 Å². The SMILES string of the molecule is SCCCCOc1cccc(Cl)c1Cl. The molecule has 0 N–H and O–H groups in total.